The first-order chi connectivity index (χ1) is 18.5. The molecule has 5 rings (SSSR count). The highest BCUT2D eigenvalue weighted by molar-refractivity contribution is 5.79. The molecule has 0 aliphatic heterocycles. The number of benzene rings is 5. The van der Waals surface area contributed by atoms with Gasteiger partial charge in [-0.05, 0) is 89.8 Å². The minimum atomic E-state index is 0.262. The number of phenolic OH excluding ortho intramolecular Hbond substituents is 2. The number of hydrogen-bond acceptors (Lipinski definition) is 3. The molecule has 0 aliphatic carbocycles. The third-order valence-electron chi connectivity index (χ3n) is 6.29. The van der Waals surface area contributed by atoms with E-state index < -0.39 is 0 Å². The predicted molar refractivity (Wildman–Crippen MR) is 160 cm³/mol. The van der Waals surface area contributed by atoms with Gasteiger partial charge in [0.05, 0.1) is 0 Å². The van der Waals surface area contributed by atoms with Gasteiger partial charge in [0.1, 0.15) is 11.5 Å². The van der Waals surface area contributed by atoms with E-state index in [0.29, 0.717) is 0 Å². The summed E-state index contributed by atoms with van der Waals surface area (Å²) < 4.78 is 0. The Balaban J connectivity index is 1.41. The van der Waals surface area contributed by atoms with Crippen molar-refractivity contribution >= 4 is 41.4 Å². The molecule has 0 saturated carbocycles. The molecule has 38 heavy (non-hydrogen) atoms. The lowest BCUT2D eigenvalue weighted by Crippen LogP contribution is -2.09. The minimum absolute atomic E-state index is 0.262. The first-order valence-corrected chi connectivity index (χ1v) is 12.5. The van der Waals surface area contributed by atoms with E-state index in [1.54, 1.807) is 24.3 Å². The monoisotopic (exact) mass is 495 g/mol. The molecule has 186 valence electrons. The van der Waals surface area contributed by atoms with Crippen LogP contribution in [0.15, 0.2) is 121 Å². The number of aryl methyl sites for hydroxylation is 1. The van der Waals surface area contributed by atoms with Crippen molar-refractivity contribution in [2.45, 2.75) is 6.92 Å². The van der Waals surface area contributed by atoms with Gasteiger partial charge < -0.3 is 15.1 Å². The quantitative estimate of drug-likeness (QED) is 0.221. The molecule has 2 N–H and O–H groups in total. The molecule has 0 amide bonds. The Bertz CT molecular complexity index is 1550. The lowest BCUT2D eigenvalue weighted by Gasteiger charge is -2.26. The molecule has 5 aromatic carbocycles. The fourth-order valence-corrected chi connectivity index (χ4v) is 4.21. The summed E-state index contributed by atoms with van der Waals surface area (Å²) in [6.07, 6.45) is 8.15. The van der Waals surface area contributed by atoms with Crippen LogP contribution in [0.4, 0.5) is 17.1 Å². The Labute approximate surface area is 223 Å². The van der Waals surface area contributed by atoms with Gasteiger partial charge in [-0.25, -0.2) is 0 Å². The average molecular weight is 496 g/mol. The van der Waals surface area contributed by atoms with E-state index in [9.17, 15) is 10.2 Å². The van der Waals surface area contributed by atoms with Crippen molar-refractivity contribution in [1.82, 2.24) is 0 Å². The summed E-state index contributed by atoms with van der Waals surface area (Å²) >= 11 is 0. The van der Waals surface area contributed by atoms with Crippen LogP contribution in [0.2, 0.25) is 0 Å². The molecule has 0 fully saturated rings. The summed E-state index contributed by atoms with van der Waals surface area (Å²) in [7, 11) is 0. The smallest absolute Gasteiger partial charge is 0.116 e. The van der Waals surface area contributed by atoms with Crippen LogP contribution in [0.5, 0.6) is 11.5 Å². The van der Waals surface area contributed by atoms with Gasteiger partial charge in [-0.2, -0.15) is 0 Å². The number of hydrogen-bond donors (Lipinski definition) is 2. The van der Waals surface area contributed by atoms with Gasteiger partial charge in [0.15, 0.2) is 0 Å². The summed E-state index contributed by atoms with van der Waals surface area (Å²) in [6, 6.07) is 39.9. The lowest BCUT2D eigenvalue weighted by molar-refractivity contribution is 0.474. The zero-order valence-electron chi connectivity index (χ0n) is 21.2. The second kappa shape index (κ2) is 11.4. The van der Waals surface area contributed by atoms with Gasteiger partial charge in [0, 0.05) is 17.1 Å². The number of aromatic hydroxyl groups is 2. The molecule has 0 bridgehead atoms. The van der Waals surface area contributed by atoms with Crippen LogP contribution in [0.1, 0.15) is 27.8 Å². The first-order valence-electron chi connectivity index (χ1n) is 12.5. The average Bonchev–Trinajstić information content (AvgIpc) is 2.94. The Hall–Kier alpha value is -5.02. The molecule has 3 nitrogen and oxygen atoms in total. The van der Waals surface area contributed by atoms with Crippen LogP contribution < -0.4 is 4.90 Å². The number of rotatable bonds is 7. The molecule has 0 atom stereocenters. The first kappa shape index (κ1) is 24.7. The number of phenols is 2. The fourth-order valence-electron chi connectivity index (χ4n) is 4.21. The van der Waals surface area contributed by atoms with Crippen molar-refractivity contribution in [1.29, 1.82) is 0 Å². The molecular formula is C35H29NO2. The summed E-state index contributed by atoms with van der Waals surface area (Å²) in [5.41, 5.74) is 8.60. The van der Waals surface area contributed by atoms with E-state index >= 15 is 0 Å². The molecule has 3 heteroatoms. The second-order valence-corrected chi connectivity index (χ2v) is 9.21. The normalized spacial score (nSPS) is 11.3. The molecule has 0 saturated heterocycles. The highest BCUT2D eigenvalue weighted by atomic mass is 16.3. The molecule has 0 aromatic heterocycles. The van der Waals surface area contributed by atoms with Crippen molar-refractivity contribution in [3.05, 3.63) is 149 Å². The van der Waals surface area contributed by atoms with Gasteiger partial charge in [-0.3, -0.25) is 0 Å². The summed E-state index contributed by atoms with van der Waals surface area (Å²) in [5, 5.41) is 19.2. The number of nitrogens with zero attached hydrogens (tertiary/aromatic N) is 1. The summed E-state index contributed by atoms with van der Waals surface area (Å²) in [6.45, 7) is 2.09. The SMILES string of the molecule is Cc1ccc(N(c2ccc(C=Cc3ccc(O)cc3)cc2)c2ccc(C=Cc3cccc(O)c3)cc2)cc1. The highest BCUT2D eigenvalue weighted by Gasteiger charge is 2.12. The van der Waals surface area contributed by atoms with Crippen LogP contribution in [0.3, 0.4) is 0 Å². The molecule has 5 aromatic rings. The van der Waals surface area contributed by atoms with E-state index in [2.05, 4.69) is 90.7 Å². The third-order valence-corrected chi connectivity index (χ3v) is 6.29. The van der Waals surface area contributed by atoms with Crippen LogP contribution in [0.25, 0.3) is 24.3 Å². The van der Waals surface area contributed by atoms with Gasteiger partial charge >= 0.3 is 0 Å². The number of anilines is 3. The van der Waals surface area contributed by atoms with Gasteiger partial charge in [0.25, 0.3) is 0 Å². The molecule has 0 heterocycles. The van der Waals surface area contributed by atoms with Crippen molar-refractivity contribution < 1.29 is 10.2 Å². The van der Waals surface area contributed by atoms with Crippen molar-refractivity contribution in [2.75, 3.05) is 4.90 Å². The lowest BCUT2D eigenvalue weighted by atomic mass is 10.1. The van der Waals surface area contributed by atoms with E-state index in [-0.39, 0.29) is 11.5 Å². The zero-order chi connectivity index (χ0) is 26.3. The summed E-state index contributed by atoms with van der Waals surface area (Å²) in [5.74, 6) is 0.529. The molecule has 0 unspecified atom stereocenters. The largest absolute Gasteiger partial charge is 0.508 e. The maximum atomic E-state index is 9.70. The predicted octanol–water partition coefficient (Wildman–Crippen LogP) is 9.22. The van der Waals surface area contributed by atoms with Crippen LogP contribution in [-0.2, 0) is 0 Å². The van der Waals surface area contributed by atoms with Gasteiger partial charge in [-0.15, -0.1) is 0 Å². The van der Waals surface area contributed by atoms with Crippen LogP contribution in [0, 0.1) is 6.92 Å². The minimum Gasteiger partial charge on any atom is -0.508 e. The third kappa shape index (κ3) is 6.21. The van der Waals surface area contributed by atoms with E-state index in [1.165, 1.54) is 5.56 Å². The fraction of sp³-hybridized carbons (Fsp3) is 0.0286. The summed E-state index contributed by atoms with van der Waals surface area (Å²) in [4.78, 5) is 2.25. The van der Waals surface area contributed by atoms with Crippen LogP contribution in [-0.4, -0.2) is 10.2 Å². The molecule has 0 aliphatic rings. The van der Waals surface area contributed by atoms with Crippen LogP contribution >= 0.6 is 0 Å². The highest BCUT2D eigenvalue weighted by Crippen LogP contribution is 2.35. The van der Waals surface area contributed by atoms with Gasteiger partial charge in [-0.1, -0.05) is 90.5 Å². The maximum absolute atomic E-state index is 9.70. The molecular weight excluding hydrogens is 466 g/mol. The Morgan fingerprint density at radius 3 is 1.34 bits per heavy atom. The Morgan fingerprint density at radius 2 is 0.868 bits per heavy atom. The van der Waals surface area contributed by atoms with E-state index in [0.717, 1.165) is 39.3 Å². The second-order valence-electron chi connectivity index (χ2n) is 9.21. The van der Waals surface area contributed by atoms with Crippen molar-refractivity contribution in [3.63, 3.8) is 0 Å². The topological polar surface area (TPSA) is 43.7 Å². The molecule has 0 radical (unpaired) electrons. The molecule has 0 spiro atoms. The van der Waals surface area contributed by atoms with E-state index in [1.807, 2.05) is 42.5 Å². The standard InChI is InChI=1S/C35H29NO2/c1-26-5-17-31(18-6-26)36(32-19-11-27(12-20-32)7-8-29-15-23-34(37)24-16-29)33-21-13-28(14-22-33)9-10-30-3-2-4-35(38)25-30/h2-25,37-38H,1H3. The van der Waals surface area contributed by atoms with Gasteiger partial charge in [0.2, 0.25) is 0 Å². The zero-order valence-corrected chi connectivity index (χ0v) is 21.2. The Kier molecular flexibility index (Phi) is 7.37. The maximum Gasteiger partial charge on any atom is 0.116 e. The van der Waals surface area contributed by atoms with Crippen molar-refractivity contribution in [3.8, 4) is 11.5 Å². The Morgan fingerprint density at radius 1 is 0.447 bits per heavy atom. The van der Waals surface area contributed by atoms with E-state index in [4.69, 9.17) is 0 Å². The van der Waals surface area contributed by atoms with Crippen molar-refractivity contribution in [2.24, 2.45) is 0 Å².